The maximum absolute atomic E-state index is 12.3. The van der Waals surface area contributed by atoms with Crippen molar-refractivity contribution >= 4 is 35.0 Å². The van der Waals surface area contributed by atoms with E-state index in [0.717, 1.165) is 42.0 Å². The van der Waals surface area contributed by atoms with Crippen LogP contribution in [0.3, 0.4) is 0 Å². The van der Waals surface area contributed by atoms with E-state index >= 15 is 0 Å². The molecule has 3 N–H and O–H groups in total. The number of rotatable bonds is 3. The Labute approximate surface area is 133 Å². The van der Waals surface area contributed by atoms with Crippen LogP contribution in [0.4, 0.5) is 11.4 Å². The smallest absolute Gasteiger partial charge is 0.234 e. The number of carbonyl (C=O) groups excluding carboxylic acids is 2. The Bertz CT molecular complexity index is 583. The second kappa shape index (κ2) is 6.71. The fourth-order valence-corrected chi connectivity index (χ4v) is 3.80. The number of anilines is 2. The second-order valence-electron chi connectivity index (χ2n) is 5.94. The summed E-state index contributed by atoms with van der Waals surface area (Å²) >= 11 is 1.51. The monoisotopic (exact) mass is 320 g/mol. The Balaban J connectivity index is 1.62. The first kappa shape index (κ1) is 15.4. The van der Waals surface area contributed by atoms with Gasteiger partial charge >= 0.3 is 0 Å². The highest BCUT2D eigenvalue weighted by Gasteiger charge is 2.26. The molecule has 2 aliphatic rings. The molecule has 0 unspecified atom stereocenters. The molecule has 0 saturated heterocycles. The lowest BCUT2D eigenvalue weighted by atomic mass is 9.82. The highest BCUT2D eigenvalue weighted by Crippen LogP contribution is 2.34. The molecule has 1 heterocycles. The van der Waals surface area contributed by atoms with E-state index in [2.05, 4.69) is 10.6 Å². The number of nitrogens with one attached hydrogen (secondary N) is 2. The molecule has 0 bridgehead atoms. The molecule has 1 aliphatic carbocycles. The number of carbonyl (C=O) groups is 2. The molecular weight excluding hydrogens is 300 g/mol. The van der Waals surface area contributed by atoms with Gasteiger partial charge in [0.05, 0.1) is 11.4 Å². The van der Waals surface area contributed by atoms with E-state index < -0.39 is 0 Å². The molecule has 0 atom stereocenters. The molecule has 118 valence electrons. The van der Waals surface area contributed by atoms with Crippen molar-refractivity contribution in [2.75, 3.05) is 23.0 Å². The number of amides is 2. The van der Waals surface area contributed by atoms with Crippen LogP contribution in [0.2, 0.25) is 0 Å². The van der Waals surface area contributed by atoms with Gasteiger partial charge in [0.15, 0.2) is 0 Å². The van der Waals surface area contributed by atoms with Gasteiger partial charge in [-0.1, -0.05) is 0 Å². The third-order valence-electron chi connectivity index (χ3n) is 4.36. The molecule has 0 spiro atoms. The fourth-order valence-electron chi connectivity index (χ4n) is 3.01. The first-order chi connectivity index (χ1) is 10.7. The Morgan fingerprint density at radius 2 is 2.09 bits per heavy atom. The standard InChI is InChI=1S/C16H20N2O3S/c19-8-10-1-3-11(4-2-10)16(21)17-12-5-6-14-13(7-12)18-15(20)9-22-14/h5-7,10-11,19H,1-4,8-9H2,(H,17,21)(H,18,20). The summed E-state index contributed by atoms with van der Waals surface area (Å²) in [6.07, 6.45) is 3.47. The minimum Gasteiger partial charge on any atom is -0.396 e. The number of thioether (sulfide) groups is 1. The van der Waals surface area contributed by atoms with Gasteiger partial charge in [-0.2, -0.15) is 0 Å². The molecule has 1 aromatic rings. The van der Waals surface area contributed by atoms with Crippen LogP contribution in [0.25, 0.3) is 0 Å². The molecule has 0 radical (unpaired) electrons. The van der Waals surface area contributed by atoms with Gasteiger partial charge in [0.2, 0.25) is 11.8 Å². The van der Waals surface area contributed by atoms with E-state index in [9.17, 15) is 9.59 Å². The topological polar surface area (TPSA) is 78.4 Å². The van der Waals surface area contributed by atoms with E-state index in [1.807, 2.05) is 18.2 Å². The highest BCUT2D eigenvalue weighted by atomic mass is 32.2. The number of hydrogen-bond donors (Lipinski definition) is 3. The minimum absolute atomic E-state index is 0.0108. The highest BCUT2D eigenvalue weighted by molar-refractivity contribution is 8.00. The molecule has 1 aliphatic heterocycles. The third-order valence-corrected chi connectivity index (χ3v) is 5.43. The number of hydrogen-bond acceptors (Lipinski definition) is 4. The molecule has 0 aromatic heterocycles. The van der Waals surface area contributed by atoms with Crippen LogP contribution < -0.4 is 10.6 Å². The Kier molecular flexibility index (Phi) is 4.69. The first-order valence-electron chi connectivity index (χ1n) is 7.64. The van der Waals surface area contributed by atoms with Crippen molar-refractivity contribution < 1.29 is 14.7 Å². The van der Waals surface area contributed by atoms with Crippen LogP contribution in [0.5, 0.6) is 0 Å². The maximum atomic E-state index is 12.3. The van der Waals surface area contributed by atoms with Crippen LogP contribution in [-0.4, -0.2) is 29.3 Å². The van der Waals surface area contributed by atoms with Gasteiger partial charge < -0.3 is 15.7 Å². The predicted molar refractivity (Wildman–Crippen MR) is 87.0 cm³/mol. The van der Waals surface area contributed by atoms with Crippen molar-refractivity contribution in [3.05, 3.63) is 18.2 Å². The zero-order valence-corrected chi connectivity index (χ0v) is 13.1. The molecule has 1 saturated carbocycles. The lowest BCUT2D eigenvalue weighted by Crippen LogP contribution is -2.28. The van der Waals surface area contributed by atoms with E-state index in [4.69, 9.17) is 5.11 Å². The molecule has 2 amide bonds. The summed E-state index contributed by atoms with van der Waals surface area (Å²) in [5, 5.41) is 14.9. The Morgan fingerprint density at radius 3 is 2.82 bits per heavy atom. The molecule has 6 heteroatoms. The number of aliphatic hydroxyl groups excluding tert-OH is 1. The summed E-state index contributed by atoms with van der Waals surface area (Å²) in [6, 6.07) is 5.62. The number of fused-ring (bicyclic) bond motifs is 1. The fraction of sp³-hybridized carbons (Fsp3) is 0.500. The van der Waals surface area contributed by atoms with Crippen molar-refractivity contribution in [3.8, 4) is 0 Å². The van der Waals surface area contributed by atoms with Crippen LogP contribution in [-0.2, 0) is 9.59 Å². The summed E-state index contributed by atoms with van der Waals surface area (Å²) in [5.41, 5.74) is 1.49. The van der Waals surface area contributed by atoms with Crippen molar-refractivity contribution in [2.45, 2.75) is 30.6 Å². The predicted octanol–water partition coefficient (Wildman–Crippen LogP) is 2.47. The zero-order chi connectivity index (χ0) is 15.5. The van der Waals surface area contributed by atoms with Gasteiger partial charge in [0.25, 0.3) is 0 Å². The third kappa shape index (κ3) is 3.44. The van der Waals surface area contributed by atoms with Gasteiger partial charge in [0.1, 0.15) is 0 Å². The molecule has 1 aromatic carbocycles. The van der Waals surface area contributed by atoms with E-state index in [1.54, 1.807) is 0 Å². The van der Waals surface area contributed by atoms with Gasteiger partial charge in [0, 0.05) is 23.1 Å². The maximum Gasteiger partial charge on any atom is 0.234 e. The lowest BCUT2D eigenvalue weighted by molar-refractivity contribution is -0.121. The summed E-state index contributed by atoms with van der Waals surface area (Å²) in [7, 11) is 0. The van der Waals surface area contributed by atoms with Crippen molar-refractivity contribution in [1.82, 2.24) is 0 Å². The SMILES string of the molecule is O=C1CSc2ccc(NC(=O)C3CCC(CO)CC3)cc2N1. The summed E-state index contributed by atoms with van der Waals surface area (Å²) in [5.74, 6) is 0.824. The van der Waals surface area contributed by atoms with Crippen molar-refractivity contribution in [2.24, 2.45) is 11.8 Å². The van der Waals surface area contributed by atoms with Gasteiger partial charge in [-0.15, -0.1) is 11.8 Å². The number of aliphatic hydroxyl groups is 1. The molecule has 5 nitrogen and oxygen atoms in total. The average Bonchev–Trinajstić information content (AvgIpc) is 2.54. The largest absolute Gasteiger partial charge is 0.396 e. The van der Waals surface area contributed by atoms with Gasteiger partial charge in [-0.3, -0.25) is 9.59 Å². The quantitative estimate of drug-likeness (QED) is 0.799. The minimum atomic E-state index is -0.0108. The van der Waals surface area contributed by atoms with E-state index in [-0.39, 0.29) is 24.3 Å². The van der Waals surface area contributed by atoms with Crippen molar-refractivity contribution in [1.29, 1.82) is 0 Å². The van der Waals surface area contributed by atoms with Gasteiger partial charge in [-0.05, 0) is 49.8 Å². The average molecular weight is 320 g/mol. The molecule has 3 rings (SSSR count). The molecule has 1 fully saturated rings. The van der Waals surface area contributed by atoms with Crippen LogP contribution >= 0.6 is 11.8 Å². The van der Waals surface area contributed by atoms with Crippen LogP contribution in [0, 0.1) is 11.8 Å². The second-order valence-corrected chi connectivity index (χ2v) is 6.95. The molecule has 22 heavy (non-hydrogen) atoms. The Hall–Kier alpha value is -1.53. The van der Waals surface area contributed by atoms with Crippen LogP contribution in [0.15, 0.2) is 23.1 Å². The summed E-state index contributed by atoms with van der Waals surface area (Å²) in [6.45, 7) is 0.219. The lowest BCUT2D eigenvalue weighted by Gasteiger charge is -2.26. The zero-order valence-electron chi connectivity index (χ0n) is 12.3. The Morgan fingerprint density at radius 1 is 1.32 bits per heavy atom. The molecular formula is C16H20N2O3S. The van der Waals surface area contributed by atoms with E-state index in [1.165, 1.54) is 11.8 Å². The number of benzene rings is 1. The first-order valence-corrected chi connectivity index (χ1v) is 8.62. The summed E-state index contributed by atoms with van der Waals surface area (Å²) < 4.78 is 0. The van der Waals surface area contributed by atoms with E-state index in [0.29, 0.717) is 11.7 Å². The van der Waals surface area contributed by atoms with Crippen LogP contribution in [0.1, 0.15) is 25.7 Å². The van der Waals surface area contributed by atoms with Crippen molar-refractivity contribution in [3.63, 3.8) is 0 Å². The van der Waals surface area contributed by atoms with Gasteiger partial charge in [-0.25, -0.2) is 0 Å². The normalized spacial score (nSPS) is 24.3. The summed E-state index contributed by atoms with van der Waals surface area (Å²) in [4.78, 5) is 24.8.